The fourth-order valence-electron chi connectivity index (χ4n) is 1.83. The number of ether oxygens (including phenoxy) is 1. The fraction of sp³-hybridized carbons (Fsp3) is 0.400. The van der Waals surface area contributed by atoms with Crippen molar-refractivity contribution in [2.24, 2.45) is 5.73 Å². The van der Waals surface area contributed by atoms with Crippen LogP contribution in [0.25, 0.3) is 0 Å². The Morgan fingerprint density at radius 2 is 2.13 bits per heavy atom. The van der Waals surface area contributed by atoms with Crippen molar-refractivity contribution in [2.45, 2.75) is 18.7 Å². The summed E-state index contributed by atoms with van der Waals surface area (Å²) in [7, 11) is 1.27. The standard InChI is InChI=1S/C15H18F4N2O2/c1-23-13(14(22)21-6-5-12(16)9-20)8-10-3-2-4-11(7-10)15(17,18)19/h2-5,7,13H,6,8-9,20H2,1H3,(H,21,22)/b12-5-/t13-/m0/s1. The van der Waals surface area contributed by atoms with Gasteiger partial charge in [-0.15, -0.1) is 0 Å². The van der Waals surface area contributed by atoms with Gasteiger partial charge in [-0.3, -0.25) is 4.79 Å². The van der Waals surface area contributed by atoms with Crippen molar-refractivity contribution in [3.05, 3.63) is 47.3 Å². The lowest BCUT2D eigenvalue weighted by atomic mass is 10.0. The third-order valence-corrected chi connectivity index (χ3v) is 3.05. The number of amides is 1. The van der Waals surface area contributed by atoms with E-state index < -0.39 is 29.6 Å². The Kier molecular flexibility index (Phi) is 7.18. The fourth-order valence-corrected chi connectivity index (χ4v) is 1.83. The van der Waals surface area contributed by atoms with Gasteiger partial charge in [-0.25, -0.2) is 4.39 Å². The molecular formula is C15H18F4N2O2. The third kappa shape index (κ3) is 6.37. The van der Waals surface area contributed by atoms with Crippen molar-refractivity contribution in [3.63, 3.8) is 0 Å². The third-order valence-electron chi connectivity index (χ3n) is 3.05. The molecule has 0 saturated heterocycles. The summed E-state index contributed by atoms with van der Waals surface area (Å²) >= 11 is 0. The first-order valence-electron chi connectivity index (χ1n) is 6.79. The Hall–Kier alpha value is -1.93. The topological polar surface area (TPSA) is 64.3 Å². The van der Waals surface area contributed by atoms with E-state index in [1.165, 1.54) is 19.2 Å². The van der Waals surface area contributed by atoms with Crippen LogP contribution < -0.4 is 11.1 Å². The Morgan fingerprint density at radius 3 is 2.70 bits per heavy atom. The van der Waals surface area contributed by atoms with Crippen molar-refractivity contribution in [1.29, 1.82) is 0 Å². The highest BCUT2D eigenvalue weighted by Crippen LogP contribution is 2.29. The van der Waals surface area contributed by atoms with Gasteiger partial charge in [-0.05, 0) is 17.7 Å². The van der Waals surface area contributed by atoms with Crippen molar-refractivity contribution >= 4 is 5.91 Å². The molecule has 0 fully saturated rings. The number of carbonyl (C=O) groups is 1. The number of alkyl halides is 3. The van der Waals surface area contributed by atoms with Crippen LogP contribution in [-0.4, -0.2) is 32.2 Å². The smallest absolute Gasteiger partial charge is 0.371 e. The number of benzene rings is 1. The Labute approximate surface area is 131 Å². The average Bonchev–Trinajstić information content (AvgIpc) is 2.51. The molecule has 3 N–H and O–H groups in total. The predicted octanol–water partition coefficient (Wildman–Crippen LogP) is 2.19. The van der Waals surface area contributed by atoms with Gasteiger partial charge >= 0.3 is 6.18 Å². The molecule has 8 heteroatoms. The Bertz CT molecular complexity index is 559. The first-order valence-corrected chi connectivity index (χ1v) is 6.79. The van der Waals surface area contributed by atoms with Gasteiger partial charge in [0.15, 0.2) is 0 Å². The van der Waals surface area contributed by atoms with Gasteiger partial charge in [0.25, 0.3) is 0 Å². The first-order chi connectivity index (χ1) is 10.8. The number of rotatable bonds is 7. The van der Waals surface area contributed by atoms with Crippen LogP contribution in [0.3, 0.4) is 0 Å². The SMILES string of the molecule is CO[C@@H](Cc1cccc(C(F)(F)F)c1)C(=O)NC/C=C(\F)CN. The molecule has 1 aromatic rings. The van der Waals surface area contributed by atoms with Gasteiger partial charge in [-0.1, -0.05) is 18.2 Å². The van der Waals surface area contributed by atoms with E-state index in [2.05, 4.69) is 5.32 Å². The van der Waals surface area contributed by atoms with E-state index in [4.69, 9.17) is 10.5 Å². The molecule has 1 rings (SSSR count). The second-order valence-corrected chi connectivity index (χ2v) is 4.73. The summed E-state index contributed by atoms with van der Waals surface area (Å²) in [6.45, 7) is -0.349. The number of carbonyl (C=O) groups excluding carboxylic acids is 1. The molecule has 128 valence electrons. The minimum Gasteiger partial charge on any atom is -0.371 e. The van der Waals surface area contributed by atoms with Crippen molar-refractivity contribution in [1.82, 2.24) is 5.32 Å². The van der Waals surface area contributed by atoms with E-state index in [0.717, 1.165) is 18.2 Å². The zero-order valence-electron chi connectivity index (χ0n) is 12.5. The van der Waals surface area contributed by atoms with E-state index in [9.17, 15) is 22.4 Å². The highest BCUT2D eigenvalue weighted by atomic mass is 19.4. The number of methoxy groups -OCH3 is 1. The maximum absolute atomic E-state index is 12.8. The van der Waals surface area contributed by atoms with Crippen LogP contribution in [0.5, 0.6) is 0 Å². The van der Waals surface area contributed by atoms with Crippen molar-refractivity contribution in [3.8, 4) is 0 Å². The molecule has 0 aromatic heterocycles. The molecule has 0 heterocycles. The van der Waals surface area contributed by atoms with Crippen LogP contribution in [0.2, 0.25) is 0 Å². The molecule has 1 aromatic carbocycles. The number of hydrogen-bond acceptors (Lipinski definition) is 3. The molecule has 0 aliphatic heterocycles. The molecule has 0 spiro atoms. The molecular weight excluding hydrogens is 316 g/mol. The molecule has 0 saturated carbocycles. The molecule has 0 aliphatic carbocycles. The predicted molar refractivity (Wildman–Crippen MR) is 77.2 cm³/mol. The largest absolute Gasteiger partial charge is 0.416 e. The van der Waals surface area contributed by atoms with Crippen molar-refractivity contribution < 1.29 is 27.1 Å². The quantitative estimate of drug-likeness (QED) is 0.752. The second-order valence-electron chi connectivity index (χ2n) is 4.73. The monoisotopic (exact) mass is 334 g/mol. The van der Waals surface area contributed by atoms with Gasteiger partial charge in [0.1, 0.15) is 11.9 Å². The lowest BCUT2D eigenvalue weighted by Gasteiger charge is -2.16. The first kappa shape index (κ1) is 19.1. The highest BCUT2D eigenvalue weighted by molar-refractivity contribution is 5.81. The van der Waals surface area contributed by atoms with Crippen LogP contribution in [0.1, 0.15) is 11.1 Å². The van der Waals surface area contributed by atoms with E-state index in [-0.39, 0.29) is 19.5 Å². The number of halogens is 4. The van der Waals surface area contributed by atoms with Crippen LogP contribution >= 0.6 is 0 Å². The highest BCUT2D eigenvalue weighted by Gasteiger charge is 2.30. The van der Waals surface area contributed by atoms with E-state index >= 15 is 0 Å². The molecule has 1 atom stereocenters. The minimum absolute atomic E-state index is 0.0324. The molecule has 1 amide bonds. The van der Waals surface area contributed by atoms with Gasteiger partial charge in [0.2, 0.25) is 5.91 Å². The van der Waals surface area contributed by atoms with Gasteiger partial charge in [-0.2, -0.15) is 13.2 Å². The molecule has 0 bridgehead atoms. The summed E-state index contributed by atoms with van der Waals surface area (Å²) < 4.78 is 55.8. The number of hydrogen-bond donors (Lipinski definition) is 2. The van der Waals surface area contributed by atoms with Crippen LogP contribution in [0, 0.1) is 0 Å². The normalized spacial score (nSPS) is 13.7. The van der Waals surface area contributed by atoms with Gasteiger partial charge in [0.05, 0.1) is 5.56 Å². The lowest BCUT2D eigenvalue weighted by Crippen LogP contribution is -2.37. The molecule has 0 aliphatic rings. The zero-order chi connectivity index (χ0) is 17.5. The number of nitrogens with two attached hydrogens (primary N) is 1. The lowest BCUT2D eigenvalue weighted by molar-refractivity contribution is -0.137. The molecule has 23 heavy (non-hydrogen) atoms. The zero-order valence-corrected chi connectivity index (χ0v) is 12.5. The van der Waals surface area contributed by atoms with E-state index in [1.807, 2.05) is 0 Å². The Morgan fingerprint density at radius 1 is 1.43 bits per heavy atom. The summed E-state index contributed by atoms with van der Waals surface area (Å²) in [5.74, 6) is -1.12. The van der Waals surface area contributed by atoms with Gasteiger partial charge < -0.3 is 15.8 Å². The molecule has 0 radical (unpaired) electrons. The Balaban J connectivity index is 2.71. The average molecular weight is 334 g/mol. The van der Waals surface area contributed by atoms with Crippen LogP contribution in [0.4, 0.5) is 17.6 Å². The second kappa shape index (κ2) is 8.64. The molecule has 0 unspecified atom stereocenters. The number of nitrogens with one attached hydrogen (secondary N) is 1. The van der Waals surface area contributed by atoms with Crippen molar-refractivity contribution in [2.75, 3.05) is 20.2 Å². The van der Waals surface area contributed by atoms with Crippen LogP contribution in [-0.2, 0) is 22.1 Å². The van der Waals surface area contributed by atoms with Crippen LogP contribution in [0.15, 0.2) is 36.2 Å². The summed E-state index contributed by atoms with van der Waals surface area (Å²) in [6.07, 6.45) is -4.36. The molecule has 4 nitrogen and oxygen atoms in total. The van der Waals surface area contributed by atoms with Gasteiger partial charge in [0, 0.05) is 26.6 Å². The summed E-state index contributed by atoms with van der Waals surface area (Å²) in [5, 5.41) is 2.41. The maximum atomic E-state index is 12.8. The van der Waals surface area contributed by atoms with E-state index in [0.29, 0.717) is 5.56 Å². The summed E-state index contributed by atoms with van der Waals surface area (Å²) in [5.41, 5.74) is 4.57. The maximum Gasteiger partial charge on any atom is 0.416 e. The van der Waals surface area contributed by atoms with E-state index in [1.54, 1.807) is 0 Å². The summed E-state index contributed by atoms with van der Waals surface area (Å²) in [4.78, 5) is 11.9. The minimum atomic E-state index is -4.45. The summed E-state index contributed by atoms with van der Waals surface area (Å²) in [6, 6.07) is 4.66.